The van der Waals surface area contributed by atoms with E-state index in [1.165, 1.54) is 0 Å². The van der Waals surface area contributed by atoms with Crippen LogP contribution in [0.25, 0.3) is 0 Å². The predicted molar refractivity (Wildman–Crippen MR) is 73.0 cm³/mol. The van der Waals surface area contributed by atoms with Crippen LogP contribution in [0.4, 0.5) is 14.5 Å². The fourth-order valence-corrected chi connectivity index (χ4v) is 2.22. The second-order valence-corrected chi connectivity index (χ2v) is 5.27. The van der Waals surface area contributed by atoms with E-state index in [2.05, 4.69) is 5.32 Å². The highest BCUT2D eigenvalue weighted by atomic mass is 19.3. The normalized spacial score (nSPS) is 24.2. The second-order valence-electron chi connectivity index (χ2n) is 5.27. The van der Waals surface area contributed by atoms with Gasteiger partial charge in [0, 0.05) is 31.9 Å². The molecule has 1 atom stereocenters. The summed E-state index contributed by atoms with van der Waals surface area (Å²) in [6, 6.07) is 7.34. The first-order valence-corrected chi connectivity index (χ1v) is 6.79. The zero-order chi connectivity index (χ0) is 13.9. The van der Waals surface area contributed by atoms with Crippen LogP contribution in [0, 0.1) is 0 Å². The molecule has 0 amide bonds. The molecule has 1 N–H and O–H groups in total. The second kappa shape index (κ2) is 5.45. The van der Waals surface area contributed by atoms with E-state index in [0.29, 0.717) is 0 Å². The maximum atomic E-state index is 13.3. The molecule has 4 heteroatoms. The molecule has 1 aromatic carbocycles. The van der Waals surface area contributed by atoms with Crippen molar-refractivity contribution in [3.05, 3.63) is 29.8 Å². The molecule has 1 aliphatic rings. The average Bonchev–Trinajstić information content (AvgIpc) is 2.90. The van der Waals surface area contributed by atoms with Gasteiger partial charge in [0.15, 0.2) is 0 Å². The Hall–Kier alpha value is -1.16. The Balaban J connectivity index is 1.83. The molecule has 0 bridgehead atoms. The Labute approximate surface area is 113 Å². The lowest BCUT2D eigenvalue weighted by Gasteiger charge is -2.12. The molecule has 1 saturated carbocycles. The van der Waals surface area contributed by atoms with Gasteiger partial charge in [-0.05, 0) is 38.0 Å². The van der Waals surface area contributed by atoms with Crippen molar-refractivity contribution >= 4 is 5.69 Å². The van der Waals surface area contributed by atoms with Gasteiger partial charge in [-0.15, -0.1) is 0 Å². The Morgan fingerprint density at radius 1 is 1.26 bits per heavy atom. The quantitative estimate of drug-likeness (QED) is 0.760. The van der Waals surface area contributed by atoms with E-state index in [1.54, 1.807) is 19.1 Å². The molecule has 0 spiro atoms. The van der Waals surface area contributed by atoms with E-state index >= 15 is 0 Å². The van der Waals surface area contributed by atoms with Crippen molar-refractivity contribution in [3.63, 3.8) is 0 Å². The Morgan fingerprint density at radius 2 is 1.89 bits per heavy atom. The van der Waals surface area contributed by atoms with E-state index in [-0.39, 0.29) is 6.42 Å². The van der Waals surface area contributed by atoms with Gasteiger partial charge in [-0.25, -0.2) is 8.78 Å². The monoisotopic (exact) mass is 269 g/mol. The lowest BCUT2D eigenvalue weighted by atomic mass is 9.97. The van der Waals surface area contributed by atoms with E-state index in [4.69, 9.17) is 4.74 Å². The van der Waals surface area contributed by atoms with Gasteiger partial charge in [0.05, 0.1) is 5.41 Å². The third kappa shape index (κ3) is 3.06. The fraction of sp³-hybridized carbons (Fsp3) is 0.600. The summed E-state index contributed by atoms with van der Waals surface area (Å²) >= 11 is 0. The van der Waals surface area contributed by atoms with Crippen molar-refractivity contribution in [1.82, 2.24) is 0 Å². The highest BCUT2D eigenvalue weighted by Crippen LogP contribution is 2.61. The largest absolute Gasteiger partial charge is 0.385 e. The fourth-order valence-electron chi connectivity index (χ4n) is 2.22. The number of hydrogen-bond acceptors (Lipinski definition) is 2. The molecule has 2 nitrogen and oxygen atoms in total. The van der Waals surface area contributed by atoms with Crippen LogP contribution >= 0.6 is 0 Å². The van der Waals surface area contributed by atoms with Gasteiger partial charge >= 0.3 is 0 Å². The topological polar surface area (TPSA) is 21.3 Å². The minimum absolute atomic E-state index is 0.0405. The van der Waals surface area contributed by atoms with Crippen molar-refractivity contribution in [2.24, 2.45) is 0 Å². The van der Waals surface area contributed by atoms with Gasteiger partial charge in [-0.1, -0.05) is 12.1 Å². The Bertz CT molecular complexity index is 419. The standard InChI is InChI=1S/C15H21F2NO/c1-3-19-10-4-9-18-13-7-5-12(6-8-13)14(2)11-15(14,16)17/h5-8,18H,3-4,9-11H2,1-2H3. The molecule has 0 aromatic heterocycles. The SMILES string of the molecule is CCOCCCNc1ccc(C2(C)CC2(F)F)cc1. The van der Waals surface area contributed by atoms with Gasteiger partial charge in [-0.3, -0.25) is 0 Å². The Kier molecular flexibility index (Phi) is 4.09. The van der Waals surface area contributed by atoms with Crippen LogP contribution in [0.5, 0.6) is 0 Å². The van der Waals surface area contributed by atoms with Gasteiger partial charge < -0.3 is 10.1 Å². The summed E-state index contributed by atoms with van der Waals surface area (Å²) in [5.74, 6) is -2.54. The summed E-state index contributed by atoms with van der Waals surface area (Å²) in [5.41, 5.74) is 0.728. The molecule has 0 saturated heterocycles. The lowest BCUT2D eigenvalue weighted by Crippen LogP contribution is -2.11. The van der Waals surface area contributed by atoms with E-state index in [1.807, 2.05) is 19.1 Å². The summed E-state index contributed by atoms with van der Waals surface area (Å²) in [7, 11) is 0. The number of benzene rings is 1. The number of alkyl halides is 2. The highest BCUT2D eigenvalue weighted by molar-refractivity contribution is 5.48. The molecular formula is C15H21F2NO. The van der Waals surface area contributed by atoms with Gasteiger partial charge in [0.2, 0.25) is 0 Å². The summed E-state index contributed by atoms with van der Waals surface area (Å²) < 4.78 is 31.8. The first-order chi connectivity index (χ1) is 8.99. The number of ether oxygens (including phenoxy) is 1. The zero-order valence-electron chi connectivity index (χ0n) is 11.5. The van der Waals surface area contributed by atoms with Crippen LogP contribution < -0.4 is 5.32 Å². The average molecular weight is 269 g/mol. The van der Waals surface area contributed by atoms with Crippen molar-refractivity contribution in [3.8, 4) is 0 Å². The minimum atomic E-state index is -2.54. The molecule has 19 heavy (non-hydrogen) atoms. The first-order valence-electron chi connectivity index (χ1n) is 6.79. The van der Waals surface area contributed by atoms with Crippen molar-refractivity contribution < 1.29 is 13.5 Å². The van der Waals surface area contributed by atoms with Crippen molar-refractivity contribution in [2.45, 2.75) is 38.0 Å². The van der Waals surface area contributed by atoms with Crippen molar-refractivity contribution in [1.29, 1.82) is 0 Å². The van der Waals surface area contributed by atoms with Crippen molar-refractivity contribution in [2.75, 3.05) is 25.1 Å². The smallest absolute Gasteiger partial charge is 0.258 e. The van der Waals surface area contributed by atoms with Gasteiger partial charge in [-0.2, -0.15) is 0 Å². The van der Waals surface area contributed by atoms with Crippen LogP contribution in [-0.2, 0) is 10.2 Å². The molecule has 2 rings (SSSR count). The van der Waals surface area contributed by atoms with Gasteiger partial charge in [0.1, 0.15) is 0 Å². The van der Waals surface area contributed by atoms with E-state index in [9.17, 15) is 8.78 Å². The molecule has 1 aromatic rings. The first kappa shape index (κ1) is 14.3. The molecule has 0 aliphatic heterocycles. The Morgan fingerprint density at radius 3 is 2.42 bits per heavy atom. The molecule has 0 heterocycles. The summed E-state index contributed by atoms with van der Waals surface area (Å²) in [6.45, 7) is 5.90. The number of rotatable bonds is 7. The number of halogens is 2. The summed E-state index contributed by atoms with van der Waals surface area (Å²) in [5, 5.41) is 3.26. The summed E-state index contributed by atoms with van der Waals surface area (Å²) in [4.78, 5) is 0. The molecular weight excluding hydrogens is 248 g/mol. The molecule has 106 valence electrons. The highest BCUT2D eigenvalue weighted by Gasteiger charge is 2.68. The number of anilines is 1. The summed E-state index contributed by atoms with van der Waals surface area (Å²) in [6.07, 6.45) is 0.895. The van der Waals surface area contributed by atoms with E-state index < -0.39 is 11.3 Å². The molecule has 1 aliphatic carbocycles. The van der Waals surface area contributed by atoms with Crippen LogP contribution in [0.1, 0.15) is 32.3 Å². The number of hydrogen-bond donors (Lipinski definition) is 1. The van der Waals surface area contributed by atoms with Gasteiger partial charge in [0.25, 0.3) is 5.92 Å². The maximum absolute atomic E-state index is 13.3. The van der Waals surface area contributed by atoms with Crippen LogP contribution in [0.15, 0.2) is 24.3 Å². The molecule has 1 fully saturated rings. The van der Waals surface area contributed by atoms with Crippen LogP contribution in [0.3, 0.4) is 0 Å². The third-order valence-corrected chi connectivity index (χ3v) is 3.78. The maximum Gasteiger partial charge on any atom is 0.258 e. The van der Waals surface area contributed by atoms with Crippen LogP contribution in [-0.4, -0.2) is 25.7 Å². The van der Waals surface area contributed by atoms with Crippen LogP contribution in [0.2, 0.25) is 0 Å². The van der Waals surface area contributed by atoms with E-state index in [0.717, 1.165) is 37.4 Å². The predicted octanol–water partition coefficient (Wildman–Crippen LogP) is 3.82. The molecule has 1 unspecified atom stereocenters. The minimum Gasteiger partial charge on any atom is -0.385 e. The zero-order valence-corrected chi connectivity index (χ0v) is 11.5. The lowest BCUT2D eigenvalue weighted by molar-refractivity contribution is 0.0920. The third-order valence-electron chi connectivity index (χ3n) is 3.78. The number of nitrogens with one attached hydrogen (secondary N) is 1. The molecule has 0 radical (unpaired) electrons.